The number of nitrogens with zero attached hydrogens (tertiary/aromatic N) is 2. The molecule has 2 aromatic carbocycles. The maximum atomic E-state index is 14.9. The number of aliphatic imine (C=N–C) groups is 1. The van der Waals surface area contributed by atoms with Gasteiger partial charge in [0.2, 0.25) is 47.3 Å². The van der Waals surface area contributed by atoms with Gasteiger partial charge in [-0.25, -0.2) is 14.4 Å². The van der Waals surface area contributed by atoms with Gasteiger partial charge in [-0.2, -0.15) is 0 Å². The van der Waals surface area contributed by atoms with Crippen LogP contribution in [0.25, 0.3) is 0 Å². The molecule has 94 heavy (non-hydrogen) atoms. The third-order valence-electron chi connectivity index (χ3n) is 14.3. The molecular weight excluding hydrogens is 1220 g/mol. The van der Waals surface area contributed by atoms with Crippen LogP contribution in [0.15, 0.2) is 90.2 Å². The highest BCUT2D eigenvalue weighted by molar-refractivity contribution is 5.98. The van der Waals surface area contributed by atoms with E-state index < -0.39 is 163 Å². The van der Waals surface area contributed by atoms with Gasteiger partial charge in [0.25, 0.3) is 0 Å². The van der Waals surface area contributed by atoms with Gasteiger partial charge < -0.3 is 94.5 Å². The van der Waals surface area contributed by atoms with Crippen molar-refractivity contribution in [2.45, 2.75) is 180 Å². The number of alkyl carbamates (subject to hydrolysis) is 2. The fraction of sp³-hybridized carbons (Fsp3) is 0.540. The van der Waals surface area contributed by atoms with Crippen LogP contribution in [0, 0.1) is 17.8 Å². The highest BCUT2D eigenvalue weighted by atomic mass is 16.6. The number of carboxylic acids is 1. The van der Waals surface area contributed by atoms with Crippen molar-refractivity contribution in [2.24, 2.45) is 34.2 Å². The molecule has 3 rings (SSSR count). The molecule has 0 saturated carbocycles. The fourth-order valence-electron chi connectivity index (χ4n) is 9.14. The fourth-order valence-corrected chi connectivity index (χ4v) is 9.14. The van der Waals surface area contributed by atoms with Crippen LogP contribution in [0.5, 0.6) is 0 Å². The number of aliphatic hydroxyl groups is 3. The Morgan fingerprint density at radius 1 is 0.606 bits per heavy atom. The average molecular weight is 1320 g/mol. The molecule has 18 N–H and O–H groups in total. The lowest BCUT2D eigenvalue weighted by Crippen LogP contribution is -2.63. The molecule has 31 nitrogen and oxygen atoms in total. The Morgan fingerprint density at radius 2 is 1.16 bits per heavy atom. The Labute approximate surface area is 546 Å². The van der Waals surface area contributed by atoms with E-state index >= 15 is 0 Å². The number of hydrogen-bond donors (Lipinski definition) is 16. The lowest BCUT2D eigenvalue weighted by Gasteiger charge is -2.33. The first kappa shape index (κ1) is 78.8. The molecule has 0 aliphatic rings. The number of pyridine rings is 1. The summed E-state index contributed by atoms with van der Waals surface area (Å²) in [6, 6.07) is 5.38. The van der Waals surface area contributed by atoms with Crippen molar-refractivity contribution in [3.05, 3.63) is 102 Å². The van der Waals surface area contributed by atoms with Crippen molar-refractivity contribution in [3.63, 3.8) is 0 Å². The normalized spacial score (nSPS) is 15.1. The molecule has 0 spiro atoms. The number of ether oxygens (including phenoxy) is 2. The van der Waals surface area contributed by atoms with Gasteiger partial charge >= 0.3 is 18.2 Å². The number of amides is 10. The van der Waals surface area contributed by atoms with Crippen LogP contribution >= 0.6 is 0 Å². The van der Waals surface area contributed by atoms with Gasteiger partial charge in [0.05, 0.1) is 31.4 Å². The Bertz CT molecular complexity index is 3010. The second-order valence-electron chi connectivity index (χ2n) is 24.2. The van der Waals surface area contributed by atoms with Crippen molar-refractivity contribution >= 4 is 71.4 Å². The lowest BCUT2D eigenvalue weighted by molar-refractivity contribution is -0.143. The van der Waals surface area contributed by atoms with E-state index in [4.69, 9.17) is 20.9 Å². The zero-order valence-corrected chi connectivity index (χ0v) is 54.7. The minimum Gasteiger partial charge on any atom is -0.480 e. The van der Waals surface area contributed by atoms with Crippen LogP contribution in [0.1, 0.15) is 118 Å². The molecule has 518 valence electrons. The molecule has 1 aromatic heterocycles. The van der Waals surface area contributed by atoms with Crippen LogP contribution in [-0.4, -0.2) is 183 Å². The molecule has 31 heteroatoms. The minimum atomic E-state index is -1.86. The SMILES string of the molecule is CC[C@H](C)[C@H](NC(=O)[C@@H](CCCN=C(N)N)NC(=O)[C@H](CC(C)C)NC(=O)[C@@H](NC(=O)[C@@H](NC(=O)OCc1ccccc1)[C@H](NC(=O)OC(C)(C)C)c1ccccc1)[C@H](O)C(C)C)C(=O)N[C@H](C(=O)NCC(=O)N[C@@H](Cc1cccnc1)C(=O)N[C@@H](CO)C(=O)O)[C@H](C)O. The number of guanidine groups is 1. The van der Waals surface area contributed by atoms with Crippen molar-refractivity contribution in [1.82, 2.24) is 58.2 Å². The van der Waals surface area contributed by atoms with Crippen molar-refractivity contribution < 1.29 is 82.6 Å². The number of aliphatic carboxylic acids is 1. The third-order valence-corrected chi connectivity index (χ3v) is 14.3. The number of carboxylic acid groups (broad SMARTS) is 1. The van der Waals surface area contributed by atoms with Crippen LogP contribution in [0.3, 0.4) is 0 Å². The maximum Gasteiger partial charge on any atom is 0.408 e. The number of carbonyl (C=O) groups is 11. The second kappa shape index (κ2) is 39.1. The van der Waals surface area contributed by atoms with Gasteiger partial charge in [0.1, 0.15) is 60.5 Å². The molecular formula is C63H94N14O17. The van der Waals surface area contributed by atoms with Gasteiger partial charge in [0, 0.05) is 25.4 Å². The largest absolute Gasteiger partial charge is 0.480 e. The molecule has 0 bridgehead atoms. The summed E-state index contributed by atoms with van der Waals surface area (Å²) in [6.07, 6.45) is -2.68. The first-order valence-corrected chi connectivity index (χ1v) is 30.8. The lowest BCUT2D eigenvalue weighted by atomic mass is 9.95. The van der Waals surface area contributed by atoms with Crippen molar-refractivity contribution in [2.75, 3.05) is 19.7 Å². The Hall–Kier alpha value is -9.49. The molecule has 0 unspecified atom stereocenters. The van der Waals surface area contributed by atoms with Gasteiger partial charge in [0.15, 0.2) is 5.96 Å². The second-order valence-corrected chi connectivity index (χ2v) is 24.2. The first-order chi connectivity index (χ1) is 44.2. The standard InChI is InChI=1S/C63H94N14O17/c1-11-36(6)46(56(86)74-47(37(7)79)55(85)68-31-45(80)69-43(29-39-22-18-26-66-30-39)54(84)72-44(32-78)59(89)90)73-52(82)41(25-19-27-67-60(64)65)70-53(83)42(28-34(2)3)71-58(88)50(51(81)35(4)5)75-57(87)49(77-61(91)93-33-38-20-14-12-15-21-38)48(40-23-16-13-17-24-40)76-62(92)94-63(8,9)10/h12-18,20-24,26,30,34-37,41-44,46-51,78-79,81H,11,19,25,27-29,31-33H2,1-10H3,(H,68,85)(H,69,80)(H,70,83)(H,71,88)(H,72,84)(H,73,82)(H,74,86)(H,75,87)(H,76,92)(H,77,91)(H,89,90)(H4,64,65,67)/t36-,37-,41+,42-,43-,44-,46-,47-,48+,49-,50-,51+/m0/s1. The summed E-state index contributed by atoms with van der Waals surface area (Å²) in [5.74, 6) is -11.7. The number of aliphatic hydroxyl groups excluding tert-OH is 3. The predicted molar refractivity (Wildman–Crippen MR) is 343 cm³/mol. The van der Waals surface area contributed by atoms with Gasteiger partial charge in [-0.05, 0) is 87.5 Å². The van der Waals surface area contributed by atoms with E-state index in [9.17, 15) is 73.2 Å². The smallest absolute Gasteiger partial charge is 0.408 e. The highest BCUT2D eigenvalue weighted by Crippen LogP contribution is 2.21. The molecule has 1 heterocycles. The predicted octanol–water partition coefficient (Wildman–Crippen LogP) is -0.685. The molecule has 0 aliphatic carbocycles. The summed E-state index contributed by atoms with van der Waals surface area (Å²) < 4.78 is 11.0. The summed E-state index contributed by atoms with van der Waals surface area (Å²) in [6.45, 7) is 13.8. The molecule has 3 aromatic rings. The molecule has 0 saturated heterocycles. The Morgan fingerprint density at radius 3 is 1.71 bits per heavy atom. The first-order valence-electron chi connectivity index (χ1n) is 30.8. The molecule has 0 fully saturated rings. The third kappa shape index (κ3) is 27.8. The molecule has 0 aliphatic heterocycles. The Balaban J connectivity index is 1.96. The van der Waals surface area contributed by atoms with E-state index in [0.29, 0.717) is 16.7 Å². The average Bonchev–Trinajstić information content (AvgIpc) is 0.880. The van der Waals surface area contributed by atoms with Crippen LogP contribution in [0.4, 0.5) is 9.59 Å². The molecule has 0 radical (unpaired) electrons. The van der Waals surface area contributed by atoms with Crippen molar-refractivity contribution in [3.8, 4) is 0 Å². The zero-order valence-electron chi connectivity index (χ0n) is 54.7. The van der Waals surface area contributed by atoms with E-state index in [2.05, 4.69) is 63.1 Å². The number of aromatic nitrogens is 1. The van der Waals surface area contributed by atoms with Crippen molar-refractivity contribution in [1.29, 1.82) is 0 Å². The molecule has 10 amide bonds. The van der Waals surface area contributed by atoms with Gasteiger partial charge in [-0.3, -0.25) is 48.3 Å². The number of hydrogen-bond acceptors (Lipinski definition) is 18. The quantitative estimate of drug-likeness (QED) is 0.0193. The van der Waals surface area contributed by atoms with E-state index in [1.165, 1.54) is 19.3 Å². The minimum absolute atomic E-state index is 0.0343. The zero-order chi connectivity index (χ0) is 70.4. The number of carbonyl (C=O) groups excluding carboxylic acids is 10. The van der Waals surface area contributed by atoms with E-state index in [1.54, 1.807) is 135 Å². The van der Waals surface area contributed by atoms with Crippen LogP contribution in [-0.2, 0) is 65.7 Å². The maximum absolute atomic E-state index is 14.9. The van der Waals surface area contributed by atoms with Gasteiger partial charge in [-0.1, -0.05) is 115 Å². The topological polar surface area (TPSA) is 485 Å². The monoisotopic (exact) mass is 1320 g/mol. The summed E-state index contributed by atoms with van der Waals surface area (Å²) in [7, 11) is 0. The summed E-state index contributed by atoms with van der Waals surface area (Å²) in [5.41, 5.74) is 11.5. The number of benzene rings is 2. The summed E-state index contributed by atoms with van der Waals surface area (Å²) in [4.78, 5) is 160. The summed E-state index contributed by atoms with van der Waals surface area (Å²) >= 11 is 0. The van der Waals surface area contributed by atoms with Crippen LogP contribution in [0.2, 0.25) is 0 Å². The number of nitrogens with two attached hydrogens (primary N) is 2. The molecule has 12 atom stereocenters. The van der Waals surface area contributed by atoms with Crippen LogP contribution < -0.4 is 64.6 Å². The van der Waals surface area contributed by atoms with E-state index in [0.717, 1.165) is 0 Å². The van der Waals surface area contributed by atoms with Gasteiger partial charge in [-0.15, -0.1) is 0 Å². The van der Waals surface area contributed by atoms with E-state index in [-0.39, 0.29) is 57.1 Å². The Kier molecular flexibility index (Phi) is 32.8. The van der Waals surface area contributed by atoms with E-state index in [1.807, 2.05) is 0 Å². The number of nitrogens with one attached hydrogen (secondary N) is 10. The highest BCUT2D eigenvalue weighted by Gasteiger charge is 2.41. The summed E-state index contributed by atoms with van der Waals surface area (Å²) in [5, 5.41) is 66.3. The number of rotatable bonds is 37.